The maximum Gasteiger partial charge on any atom is 0.255 e. The quantitative estimate of drug-likeness (QED) is 0.770. The van der Waals surface area contributed by atoms with Crippen LogP contribution < -0.4 is 14.8 Å². The summed E-state index contributed by atoms with van der Waals surface area (Å²) in [6, 6.07) is 9.69. The minimum Gasteiger partial charge on any atom is -0.493 e. The number of fused-ring (bicyclic) bond motifs is 2. The van der Waals surface area contributed by atoms with E-state index in [1.165, 1.54) is 0 Å². The Labute approximate surface area is 187 Å². The summed E-state index contributed by atoms with van der Waals surface area (Å²) in [4.78, 5) is 42.3. The SMILES string of the molecule is CNC(=O)C1Cc2cc(OC)c(OC)cc2CN1C(=O)C(C)N1Cc2ccccc2C1=O. The van der Waals surface area contributed by atoms with Gasteiger partial charge in [-0.05, 0) is 41.8 Å². The van der Waals surface area contributed by atoms with E-state index >= 15 is 0 Å². The average molecular weight is 437 g/mol. The summed E-state index contributed by atoms with van der Waals surface area (Å²) < 4.78 is 10.8. The van der Waals surface area contributed by atoms with Crippen molar-refractivity contribution < 1.29 is 23.9 Å². The molecule has 2 atom stereocenters. The highest BCUT2D eigenvalue weighted by Crippen LogP contribution is 2.35. The molecule has 2 heterocycles. The molecule has 0 radical (unpaired) electrons. The molecule has 8 nitrogen and oxygen atoms in total. The zero-order valence-electron chi connectivity index (χ0n) is 18.7. The minimum absolute atomic E-state index is 0.165. The second-order valence-corrected chi connectivity index (χ2v) is 8.04. The molecule has 4 rings (SSSR count). The number of methoxy groups -OCH3 is 2. The number of hydrogen-bond acceptors (Lipinski definition) is 5. The van der Waals surface area contributed by atoms with Crippen LogP contribution in [0.1, 0.15) is 34.0 Å². The van der Waals surface area contributed by atoms with Crippen molar-refractivity contribution in [2.24, 2.45) is 0 Å². The number of ether oxygens (including phenoxy) is 2. The fourth-order valence-corrected chi connectivity index (χ4v) is 4.51. The van der Waals surface area contributed by atoms with Crippen molar-refractivity contribution in [1.29, 1.82) is 0 Å². The topological polar surface area (TPSA) is 88.2 Å². The van der Waals surface area contributed by atoms with E-state index in [9.17, 15) is 14.4 Å². The highest BCUT2D eigenvalue weighted by Gasteiger charge is 2.41. The molecule has 0 fully saturated rings. The zero-order chi connectivity index (χ0) is 23.0. The summed E-state index contributed by atoms with van der Waals surface area (Å²) in [6.07, 6.45) is 0.349. The Kier molecular flexibility index (Phi) is 5.78. The molecule has 168 valence electrons. The van der Waals surface area contributed by atoms with Gasteiger partial charge >= 0.3 is 0 Å². The molecule has 8 heteroatoms. The number of nitrogens with zero attached hydrogens (tertiary/aromatic N) is 2. The lowest BCUT2D eigenvalue weighted by molar-refractivity contribution is -0.145. The third kappa shape index (κ3) is 3.55. The molecule has 0 spiro atoms. The van der Waals surface area contributed by atoms with Gasteiger partial charge in [0.1, 0.15) is 12.1 Å². The number of benzene rings is 2. The molecule has 0 aliphatic carbocycles. The van der Waals surface area contributed by atoms with Gasteiger partial charge in [-0.1, -0.05) is 18.2 Å². The predicted octanol–water partition coefficient (Wildman–Crippen LogP) is 1.75. The number of hydrogen-bond donors (Lipinski definition) is 1. The first kappa shape index (κ1) is 21.7. The van der Waals surface area contributed by atoms with E-state index in [0.717, 1.165) is 16.7 Å². The first-order chi connectivity index (χ1) is 15.4. The lowest BCUT2D eigenvalue weighted by Crippen LogP contribution is -2.56. The van der Waals surface area contributed by atoms with Crippen LogP contribution in [0.5, 0.6) is 11.5 Å². The Bertz CT molecular complexity index is 1080. The van der Waals surface area contributed by atoms with E-state index in [1.807, 2.05) is 30.3 Å². The summed E-state index contributed by atoms with van der Waals surface area (Å²) in [6.45, 7) is 2.34. The molecule has 0 bridgehead atoms. The van der Waals surface area contributed by atoms with Gasteiger partial charge < -0.3 is 24.6 Å². The molecular weight excluding hydrogens is 410 g/mol. The highest BCUT2D eigenvalue weighted by molar-refractivity contribution is 6.01. The molecule has 32 heavy (non-hydrogen) atoms. The van der Waals surface area contributed by atoms with Crippen LogP contribution in [0.15, 0.2) is 36.4 Å². The normalized spacial score (nSPS) is 18.0. The Hall–Kier alpha value is -3.55. The maximum absolute atomic E-state index is 13.6. The predicted molar refractivity (Wildman–Crippen MR) is 117 cm³/mol. The van der Waals surface area contributed by atoms with Gasteiger partial charge in [0.05, 0.1) is 14.2 Å². The van der Waals surface area contributed by atoms with E-state index in [0.29, 0.717) is 30.0 Å². The van der Waals surface area contributed by atoms with Gasteiger partial charge in [0.15, 0.2) is 11.5 Å². The molecule has 0 aromatic heterocycles. The van der Waals surface area contributed by atoms with Crippen LogP contribution in [0.3, 0.4) is 0 Å². The fraction of sp³-hybridized carbons (Fsp3) is 0.375. The summed E-state index contributed by atoms with van der Waals surface area (Å²) >= 11 is 0. The lowest BCUT2D eigenvalue weighted by Gasteiger charge is -2.39. The molecule has 0 saturated carbocycles. The third-order valence-electron chi connectivity index (χ3n) is 6.34. The van der Waals surface area contributed by atoms with Crippen LogP contribution in [0.4, 0.5) is 0 Å². The Balaban J connectivity index is 1.64. The van der Waals surface area contributed by atoms with Crippen molar-refractivity contribution in [3.63, 3.8) is 0 Å². The standard InChI is InChI=1S/C24H27N3O5/c1-14(26-12-15-7-5-6-8-18(15)24(26)30)23(29)27-13-17-11-21(32-4)20(31-3)10-16(17)9-19(27)22(28)25-2/h5-8,10-11,14,19H,9,12-13H2,1-4H3,(H,25,28). The van der Waals surface area contributed by atoms with Crippen LogP contribution in [0.2, 0.25) is 0 Å². The van der Waals surface area contributed by atoms with Gasteiger partial charge in [-0.25, -0.2) is 0 Å². The van der Waals surface area contributed by atoms with Crippen molar-refractivity contribution in [3.05, 3.63) is 58.7 Å². The van der Waals surface area contributed by atoms with Gasteiger partial charge in [-0.3, -0.25) is 14.4 Å². The van der Waals surface area contributed by atoms with Crippen molar-refractivity contribution >= 4 is 17.7 Å². The Morgan fingerprint density at radius 2 is 1.69 bits per heavy atom. The maximum atomic E-state index is 13.6. The van der Waals surface area contributed by atoms with E-state index < -0.39 is 12.1 Å². The number of amides is 3. The van der Waals surface area contributed by atoms with Gasteiger partial charge in [0.25, 0.3) is 5.91 Å². The number of likely N-dealkylation sites (N-methyl/N-ethyl adjacent to an activating group) is 1. The van der Waals surface area contributed by atoms with Gasteiger partial charge in [0, 0.05) is 32.1 Å². The van der Waals surface area contributed by atoms with Gasteiger partial charge in [0.2, 0.25) is 11.8 Å². The number of carbonyl (C=O) groups is 3. The molecule has 2 unspecified atom stereocenters. The summed E-state index contributed by atoms with van der Waals surface area (Å²) in [7, 11) is 4.67. The molecule has 2 aliphatic rings. The molecule has 3 amide bonds. The van der Waals surface area contributed by atoms with Crippen molar-refractivity contribution in [2.75, 3.05) is 21.3 Å². The molecule has 0 saturated heterocycles. The largest absolute Gasteiger partial charge is 0.493 e. The molecule has 2 aromatic rings. The van der Waals surface area contributed by atoms with Crippen molar-refractivity contribution in [3.8, 4) is 11.5 Å². The van der Waals surface area contributed by atoms with Crippen LogP contribution in [-0.2, 0) is 29.1 Å². The molecule has 1 N–H and O–H groups in total. The van der Waals surface area contributed by atoms with Crippen molar-refractivity contribution in [1.82, 2.24) is 15.1 Å². The average Bonchev–Trinajstić information content (AvgIpc) is 3.17. The summed E-state index contributed by atoms with van der Waals surface area (Å²) in [5.74, 6) is 0.467. The van der Waals surface area contributed by atoms with E-state index in [1.54, 1.807) is 44.1 Å². The second kappa shape index (κ2) is 8.53. The number of carbonyl (C=O) groups excluding carboxylic acids is 3. The second-order valence-electron chi connectivity index (χ2n) is 8.04. The lowest BCUT2D eigenvalue weighted by atomic mass is 9.92. The first-order valence-electron chi connectivity index (χ1n) is 10.5. The number of nitrogens with one attached hydrogen (secondary N) is 1. The van der Waals surface area contributed by atoms with E-state index in [4.69, 9.17) is 9.47 Å². The van der Waals surface area contributed by atoms with Gasteiger partial charge in [-0.15, -0.1) is 0 Å². The minimum atomic E-state index is -0.705. The summed E-state index contributed by atoms with van der Waals surface area (Å²) in [5.41, 5.74) is 3.34. The summed E-state index contributed by atoms with van der Waals surface area (Å²) in [5, 5.41) is 2.66. The van der Waals surface area contributed by atoms with Crippen LogP contribution in [0.25, 0.3) is 0 Å². The number of rotatable bonds is 5. The Morgan fingerprint density at radius 1 is 1.03 bits per heavy atom. The highest BCUT2D eigenvalue weighted by atomic mass is 16.5. The first-order valence-corrected chi connectivity index (χ1v) is 10.5. The third-order valence-corrected chi connectivity index (χ3v) is 6.34. The smallest absolute Gasteiger partial charge is 0.255 e. The monoisotopic (exact) mass is 437 g/mol. The van der Waals surface area contributed by atoms with Crippen molar-refractivity contribution in [2.45, 2.75) is 38.5 Å². The zero-order valence-corrected chi connectivity index (χ0v) is 18.7. The van der Waals surface area contributed by atoms with Crippen LogP contribution >= 0.6 is 0 Å². The van der Waals surface area contributed by atoms with E-state index in [2.05, 4.69) is 5.32 Å². The van der Waals surface area contributed by atoms with Crippen LogP contribution in [-0.4, -0.2) is 60.9 Å². The molecule has 2 aliphatic heterocycles. The molecule has 2 aromatic carbocycles. The fourth-order valence-electron chi connectivity index (χ4n) is 4.51. The van der Waals surface area contributed by atoms with Gasteiger partial charge in [-0.2, -0.15) is 0 Å². The Morgan fingerprint density at radius 3 is 2.31 bits per heavy atom. The van der Waals surface area contributed by atoms with Crippen LogP contribution in [0, 0.1) is 0 Å². The molecular formula is C24H27N3O5. The van der Waals surface area contributed by atoms with E-state index in [-0.39, 0.29) is 24.3 Å².